The van der Waals surface area contributed by atoms with Crippen LogP contribution in [0.5, 0.6) is 0 Å². The highest BCUT2D eigenvalue weighted by Gasteiger charge is 2.07. The van der Waals surface area contributed by atoms with E-state index in [1.165, 1.54) is 12.4 Å². The number of hydrogen-bond acceptors (Lipinski definition) is 3. The van der Waals surface area contributed by atoms with Gasteiger partial charge in [-0.25, -0.2) is 4.79 Å². The molecule has 0 aliphatic heterocycles. The van der Waals surface area contributed by atoms with Crippen LogP contribution in [0.4, 0.5) is 0 Å². The summed E-state index contributed by atoms with van der Waals surface area (Å²) in [7, 11) is 0. The van der Waals surface area contributed by atoms with Crippen LogP contribution < -0.4 is 4.73 Å². The first-order valence-electron chi connectivity index (χ1n) is 5.67. The van der Waals surface area contributed by atoms with Gasteiger partial charge in [0.05, 0.1) is 12.2 Å². The van der Waals surface area contributed by atoms with Gasteiger partial charge in [0.1, 0.15) is 0 Å². The van der Waals surface area contributed by atoms with Gasteiger partial charge in [-0.1, -0.05) is 12.1 Å². The van der Waals surface area contributed by atoms with Crippen molar-refractivity contribution >= 4 is 5.97 Å². The van der Waals surface area contributed by atoms with Crippen LogP contribution in [-0.2, 0) is 4.74 Å². The molecule has 0 bridgehead atoms. The number of hydrogen-bond donors (Lipinski definition) is 0. The van der Waals surface area contributed by atoms with Crippen molar-refractivity contribution in [3.8, 4) is 11.1 Å². The lowest BCUT2D eigenvalue weighted by Gasteiger charge is -2.05. The average molecular weight is 243 g/mol. The molecule has 0 N–H and O–H groups in total. The summed E-state index contributed by atoms with van der Waals surface area (Å²) in [4.78, 5) is 11.6. The lowest BCUT2D eigenvalue weighted by atomic mass is 10.0. The van der Waals surface area contributed by atoms with Gasteiger partial charge in [0, 0.05) is 12.1 Å². The molecule has 0 amide bonds. The minimum absolute atomic E-state index is 0.339. The van der Waals surface area contributed by atoms with Gasteiger partial charge in [0.15, 0.2) is 12.4 Å². The van der Waals surface area contributed by atoms with Gasteiger partial charge in [-0.2, -0.15) is 4.73 Å². The number of aromatic nitrogens is 1. The summed E-state index contributed by atoms with van der Waals surface area (Å²) >= 11 is 0. The zero-order chi connectivity index (χ0) is 13.0. The van der Waals surface area contributed by atoms with Gasteiger partial charge < -0.3 is 9.94 Å². The molecule has 0 aliphatic carbocycles. The van der Waals surface area contributed by atoms with Gasteiger partial charge >= 0.3 is 5.97 Å². The zero-order valence-corrected chi connectivity index (χ0v) is 10.00. The van der Waals surface area contributed by atoms with Gasteiger partial charge in [0.25, 0.3) is 0 Å². The minimum Gasteiger partial charge on any atom is -0.619 e. The molecule has 0 radical (unpaired) electrons. The summed E-state index contributed by atoms with van der Waals surface area (Å²) in [5, 5.41) is 11.0. The molecule has 1 aromatic heterocycles. The van der Waals surface area contributed by atoms with E-state index in [9.17, 15) is 10.0 Å². The third-order valence-corrected chi connectivity index (χ3v) is 2.51. The first kappa shape index (κ1) is 12.1. The average Bonchev–Trinajstić information content (AvgIpc) is 2.40. The van der Waals surface area contributed by atoms with Crippen LogP contribution in [0.1, 0.15) is 17.3 Å². The number of nitrogens with zero attached hydrogens (tertiary/aromatic N) is 1. The Morgan fingerprint density at radius 3 is 2.61 bits per heavy atom. The molecule has 2 aromatic rings. The Labute approximate surface area is 105 Å². The van der Waals surface area contributed by atoms with Crippen LogP contribution in [0.15, 0.2) is 48.8 Å². The van der Waals surface area contributed by atoms with Gasteiger partial charge in [-0.3, -0.25) is 0 Å². The molecule has 92 valence electrons. The lowest BCUT2D eigenvalue weighted by molar-refractivity contribution is -0.605. The smallest absolute Gasteiger partial charge is 0.338 e. The summed E-state index contributed by atoms with van der Waals surface area (Å²) in [6, 6.07) is 10.5. The fraction of sp³-hybridized carbons (Fsp3) is 0.143. The number of rotatable bonds is 3. The predicted octanol–water partition coefficient (Wildman–Crippen LogP) is 2.16. The van der Waals surface area contributed by atoms with E-state index in [4.69, 9.17) is 4.74 Å². The standard InChI is InChI=1S/C14H13NO3/c1-2-18-14(16)13-5-3-4-12(10-13)11-6-8-15(17)9-7-11/h3-10H,2H2,1H3. The SMILES string of the molecule is CCOC(=O)c1cccc(-c2cc[n+]([O-])cc2)c1. The van der Waals surface area contributed by atoms with Crippen LogP contribution in [0.3, 0.4) is 0 Å². The highest BCUT2D eigenvalue weighted by molar-refractivity contribution is 5.91. The van der Waals surface area contributed by atoms with Crippen LogP contribution in [0, 0.1) is 5.21 Å². The predicted molar refractivity (Wildman–Crippen MR) is 66.8 cm³/mol. The molecule has 18 heavy (non-hydrogen) atoms. The van der Waals surface area contributed by atoms with Gasteiger partial charge in [-0.05, 0) is 30.2 Å². The maximum Gasteiger partial charge on any atom is 0.338 e. The largest absolute Gasteiger partial charge is 0.619 e. The van der Waals surface area contributed by atoms with Crippen LogP contribution in [0.25, 0.3) is 11.1 Å². The highest BCUT2D eigenvalue weighted by atomic mass is 16.5. The van der Waals surface area contributed by atoms with Gasteiger partial charge in [-0.15, -0.1) is 0 Å². The third-order valence-electron chi connectivity index (χ3n) is 2.51. The lowest BCUT2D eigenvalue weighted by Crippen LogP contribution is -2.23. The topological polar surface area (TPSA) is 53.2 Å². The van der Waals surface area contributed by atoms with E-state index in [2.05, 4.69) is 0 Å². The molecule has 0 saturated heterocycles. The van der Waals surface area contributed by atoms with E-state index in [1.54, 1.807) is 37.3 Å². The number of carbonyl (C=O) groups excluding carboxylic acids is 1. The first-order chi connectivity index (χ1) is 8.70. The summed E-state index contributed by atoms with van der Waals surface area (Å²) in [6.45, 7) is 2.12. The Morgan fingerprint density at radius 2 is 1.94 bits per heavy atom. The number of carbonyl (C=O) groups is 1. The maximum atomic E-state index is 11.6. The summed E-state index contributed by atoms with van der Waals surface area (Å²) < 4.78 is 5.67. The van der Waals surface area contributed by atoms with Crippen molar-refractivity contribution in [2.45, 2.75) is 6.92 Å². The Kier molecular flexibility index (Phi) is 3.57. The van der Waals surface area contributed by atoms with E-state index < -0.39 is 0 Å². The van der Waals surface area contributed by atoms with Crippen LogP contribution in [-0.4, -0.2) is 12.6 Å². The van der Waals surface area contributed by atoms with Crippen molar-refractivity contribution in [3.63, 3.8) is 0 Å². The molecule has 0 spiro atoms. The third kappa shape index (κ3) is 2.66. The van der Waals surface area contributed by atoms with Crippen molar-refractivity contribution in [2.24, 2.45) is 0 Å². The number of pyridine rings is 1. The van der Waals surface area contributed by atoms with Crippen LogP contribution >= 0.6 is 0 Å². The van der Waals surface area contributed by atoms with Gasteiger partial charge in [0.2, 0.25) is 0 Å². The first-order valence-corrected chi connectivity index (χ1v) is 5.67. The second-order valence-corrected chi connectivity index (χ2v) is 3.75. The van der Waals surface area contributed by atoms with E-state index in [1.807, 2.05) is 6.07 Å². The van der Waals surface area contributed by atoms with E-state index in [0.717, 1.165) is 15.9 Å². The fourth-order valence-corrected chi connectivity index (χ4v) is 1.65. The molecule has 0 aliphatic rings. The molecule has 0 saturated carbocycles. The molecule has 1 heterocycles. The number of benzene rings is 1. The number of esters is 1. The molecule has 4 heteroatoms. The second kappa shape index (κ2) is 5.31. The zero-order valence-electron chi connectivity index (χ0n) is 10.00. The van der Waals surface area contributed by atoms with Crippen molar-refractivity contribution in [1.82, 2.24) is 0 Å². The van der Waals surface area contributed by atoms with E-state index in [0.29, 0.717) is 12.2 Å². The Balaban J connectivity index is 2.32. The molecular weight excluding hydrogens is 230 g/mol. The Bertz CT molecular complexity index is 549. The summed E-state index contributed by atoms with van der Waals surface area (Å²) in [5.74, 6) is -0.339. The monoisotopic (exact) mass is 243 g/mol. The molecule has 4 nitrogen and oxygen atoms in total. The van der Waals surface area contributed by atoms with Crippen LogP contribution in [0.2, 0.25) is 0 Å². The molecule has 2 rings (SSSR count). The molecule has 0 atom stereocenters. The van der Waals surface area contributed by atoms with E-state index >= 15 is 0 Å². The van der Waals surface area contributed by atoms with Crippen molar-refractivity contribution in [2.75, 3.05) is 6.61 Å². The van der Waals surface area contributed by atoms with Crippen molar-refractivity contribution < 1.29 is 14.3 Å². The van der Waals surface area contributed by atoms with Crippen molar-refractivity contribution in [1.29, 1.82) is 0 Å². The van der Waals surface area contributed by atoms with E-state index in [-0.39, 0.29) is 5.97 Å². The Morgan fingerprint density at radius 1 is 1.22 bits per heavy atom. The second-order valence-electron chi connectivity index (χ2n) is 3.75. The maximum absolute atomic E-state index is 11.6. The summed E-state index contributed by atoms with van der Waals surface area (Å²) in [6.07, 6.45) is 2.85. The quantitative estimate of drug-likeness (QED) is 0.471. The fourth-order valence-electron chi connectivity index (χ4n) is 1.65. The highest BCUT2D eigenvalue weighted by Crippen LogP contribution is 2.19. The number of ether oxygens (including phenoxy) is 1. The molecule has 0 unspecified atom stereocenters. The minimum atomic E-state index is -0.339. The normalized spacial score (nSPS) is 10.1. The Hall–Kier alpha value is -2.36. The molecular formula is C14H13NO3. The molecule has 1 aromatic carbocycles. The molecule has 0 fully saturated rings. The van der Waals surface area contributed by atoms with Crippen molar-refractivity contribution in [3.05, 3.63) is 59.6 Å². The summed E-state index contributed by atoms with van der Waals surface area (Å²) in [5.41, 5.74) is 2.27.